The Kier molecular flexibility index (Phi) is 7.36. The first kappa shape index (κ1) is 21.2. The normalized spacial score (nSPS) is 12.7. The SMILES string of the molecule is CNC(C)(C)[C@@H](C(=O)NO)c1cc(C#CC#C[C@H](C)O)ccc1C(N)=O. The molecule has 6 N–H and O–H groups in total. The first-order chi connectivity index (χ1) is 12.1. The van der Waals surface area contributed by atoms with Crippen molar-refractivity contribution in [3.8, 4) is 23.7 Å². The van der Waals surface area contributed by atoms with Crippen molar-refractivity contribution in [3.63, 3.8) is 0 Å². The van der Waals surface area contributed by atoms with E-state index in [0.29, 0.717) is 11.1 Å². The number of hydrogen-bond donors (Lipinski definition) is 5. The molecule has 0 heterocycles. The van der Waals surface area contributed by atoms with Gasteiger partial charge in [-0.05, 0) is 63.4 Å². The Morgan fingerprint density at radius 3 is 2.42 bits per heavy atom. The highest BCUT2D eigenvalue weighted by molar-refractivity contribution is 5.97. The van der Waals surface area contributed by atoms with E-state index in [4.69, 9.17) is 16.0 Å². The Hall–Kier alpha value is -2.84. The van der Waals surface area contributed by atoms with Gasteiger partial charge in [0.15, 0.2) is 0 Å². The number of hydroxylamine groups is 1. The topological polar surface area (TPSA) is 125 Å². The van der Waals surface area contributed by atoms with Crippen LogP contribution < -0.4 is 16.5 Å². The molecule has 1 aromatic rings. The van der Waals surface area contributed by atoms with Gasteiger partial charge in [-0.2, -0.15) is 0 Å². The Morgan fingerprint density at radius 1 is 1.27 bits per heavy atom. The smallest absolute Gasteiger partial charge is 0.252 e. The molecule has 0 bridgehead atoms. The number of rotatable bonds is 5. The van der Waals surface area contributed by atoms with E-state index in [1.165, 1.54) is 13.0 Å². The monoisotopic (exact) mass is 357 g/mol. The lowest BCUT2D eigenvalue weighted by Crippen LogP contribution is -2.49. The van der Waals surface area contributed by atoms with Crippen molar-refractivity contribution >= 4 is 11.8 Å². The lowest BCUT2D eigenvalue weighted by atomic mass is 9.78. The first-order valence-electron chi connectivity index (χ1n) is 7.90. The molecular formula is C19H23N3O4. The van der Waals surface area contributed by atoms with Crippen LogP contribution in [0.2, 0.25) is 0 Å². The maximum Gasteiger partial charge on any atom is 0.252 e. The average molecular weight is 357 g/mol. The van der Waals surface area contributed by atoms with E-state index in [1.807, 2.05) is 0 Å². The van der Waals surface area contributed by atoms with Crippen molar-refractivity contribution in [1.82, 2.24) is 10.8 Å². The van der Waals surface area contributed by atoms with Gasteiger partial charge in [-0.25, -0.2) is 5.48 Å². The fraction of sp³-hybridized carbons (Fsp3) is 0.368. The fourth-order valence-electron chi connectivity index (χ4n) is 2.41. The van der Waals surface area contributed by atoms with Gasteiger partial charge in [-0.15, -0.1) is 0 Å². The fourth-order valence-corrected chi connectivity index (χ4v) is 2.41. The van der Waals surface area contributed by atoms with Gasteiger partial charge in [0, 0.05) is 16.7 Å². The Balaban J connectivity index is 3.54. The molecule has 7 nitrogen and oxygen atoms in total. The highest BCUT2D eigenvalue weighted by Crippen LogP contribution is 2.31. The van der Waals surface area contributed by atoms with E-state index in [2.05, 4.69) is 29.0 Å². The summed E-state index contributed by atoms with van der Waals surface area (Å²) in [5, 5.41) is 21.2. The Bertz CT molecular complexity index is 808. The number of aliphatic hydroxyl groups is 1. The van der Waals surface area contributed by atoms with E-state index in [0.717, 1.165) is 0 Å². The molecule has 0 fully saturated rings. The van der Waals surface area contributed by atoms with E-state index >= 15 is 0 Å². The Labute approximate surface area is 152 Å². The van der Waals surface area contributed by atoms with Crippen LogP contribution in [0.4, 0.5) is 0 Å². The van der Waals surface area contributed by atoms with Gasteiger partial charge in [-0.3, -0.25) is 14.8 Å². The van der Waals surface area contributed by atoms with Crippen molar-refractivity contribution in [2.75, 3.05) is 7.05 Å². The molecule has 0 aliphatic rings. The first-order valence-corrected chi connectivity index (χ1v) is 7.90. The van der Waals surface area contributed by atoms with Crippen molar-refractivity contribution in [3.05, 3.63) is 34.9 Å². The minimum Gasteiger partial charge on any atom is -0.381 e. The second-order valence-corrected chi connectivity index (χ2v) is 6.24. The third kappa shape index (κ3) is 5.33. The highest BCUT2D eigenvalue weighted by atomic mass is 16.5. The molecule has 1 aromatic carbocycles. The summed E-state index contributed by atoms with van der Waals surface area (Å²) in [6.07, 6.45) is -0.786. The molecule has 2 atom stereocenters. The second kappa shape index (κ2) is 9.02. The van der Waals surface area contributed by atoms with Crippen molar-refractivity contribution < 1.29 is 19.9 Å². The number of likely N-dealkylation sites (N-methyl/N-ethyl adjacent to an activating group) is 1. The summed E-state index contributed by atoms with van der Waals surface area (Å²) in [7, 11) is 1.66. The minimum absolute atomic E-state index is 0.155. The van der Waals surface area contributed by atoms with E-state index in [1.54, 1.807) is 38.5 Å². The summed E-state index contributed by atoms with van der Waals surface area (Å²) in [4.78, 5) is 24.1. The summed E-state index contributed by atoms with van der Waals surface area (Å²) in [6, 6.07) is 4.63. The number of primary amides is 1. The van der Waals surface area contributed by atoms with Gasteiger partial charge in [0.05, 0.1) is 5.92 Å². The minimum atomic E-state index is -0.912. The zero-order chi connectivity index (χ0) is 19.9. The van der Waals surface area contributed by atoms with Crippen molar-refractivity contribution in [2.24, 2.45) is 5.73 Å². The number of hydrogen-bond acceptors (Lipinski definition) is 5. The van der Waals surface area contributed by atoms with Crippen LogP contribution in [0.15, 0.2) is 18.2 Å². The van der Waals surface area contributed by atoms with Gasteiger partial charge >= 0.3 is 0 Å². The standard InChI is InChI=1S/C19H23N3O4/c1-12(23)7-5-6-8-13-9-10-14(17(20)24)15(11-13)16(18(25)22-26)19(2,3)21-4/h9-12,16,21,23,26H,1-4H3,(H2,20,24)(H,22,25)/t12-,16+/m0/s1. The van der Waals surface area contributed by atoms with E-state index in [9.17, 15) is 9.59 Å². The number of carbonyl (C=O) groups excluding carboxylic acids is 2. The third-order valence-electron chi connectivity index (χ3n) is 3.92. The predicted molar refractivity (Wildman–Crippen MR) is 97.1 cm³/mol. The number of nitrogens with one attached hydrogen (secondary N) is 2. The number of amides is 2. The molecule has 0 unspecified atom stereocenters. The molecule has 2 amide bonds. The number of benzene rings is 1. The quantitative estimate of drug-likeness (QED) is 0.291. The molecule has 138 valence electrons. The summed E-state index contributed by atoms with van der Waals surface area (Å²) in [5.41, 5.74) is 7.28. The van der Waals surface area contributed by atoms with Gasteiger partial charge in [-0.1, -0.05) is 11.8 Å². The molecule has 0 aromatic heterocycles. The maximum atomic E-state index is 12.3. The third-order valence-corrected chi connectivity index (χ3v) is 3.92. The zero-order valence-electron chi connectivity index (χ0n) is 15.2. The molecule has 0 aliphatic carbocycles. The van der Waals surface area contributed by atoms with Crippen molar-refractivity contribution in [2.45, 2.75) is 38.3 Å². The number of carbonyl (C=O) groups is 2. The van der Waals surface area contributed by atoms with Crippen LogP contribution >= 0.6 is 0 Å². The van der Waals surface area contributed by atoms with Crippen LogP contribution in [0.25, 0.3) is 0 Å². The van der Waals surface area contributed by atoms with Crippen LogP contribution in [0.5, 0.6) is 0 Å². The molecular weight excluding hydrogens is 334 g/mol. The van der Waals surface area contributed by atoms with Crippen LogP contribution in [0.1, 0.15) is 48.2 Å². The summed E-state index contributed by atoms with van der Waals surface area (Å²) >= 11 is 0. The van der Waals surface area contributed by atoms with Gasteiger partial charge in [0.1, 0.15) is 6.10 Å². The number of nitrogens with two attached hydrogens (primary N) is 1. The van der Waals surface area contributed by atoms with E-state index in [-0.39, 0.29) is 5.56 Å². The summed E-state index contributed by atoms with van der Waals surface area (Å²) in [5.74, 6) is 8.08. The maximum absolute atomic E-state index is 12.3. The second-order valence-electron chi connectivity index (χ2n) is 6.24. The van der Waals surface area contributed by atoms with Crippen LogP contribution in [-0.2, 0) is 4.79 Å². The Morgan fingerprint density at radius 2 is 1.92 bits per heavy atom. The van der Waals surface area contributed by atoms with E-state index < -0.39 is 29.4 Å². The van der Waals surface area contributed by atoms with Crippen LogP contribution in [-0.4, -0.2) is 40.8 Å². The molecule has 0 spiro atoms. The molecule has 0 radical (unpaired) electrons. The lowest BCUT2D eigenvalue weighted by Gasteiger charge is -2.33. The van der Waals surface area contributed by atoms with Crippen LogP contribution in [0.3, 0.4) is 0 Å². The molecule has 0 saturated carbocycles. The molecule has 7 heteroatoms. The van der Waals surface area contributed by atoms with Crippen LogP contribution in [0, 0.1) is 23.7 Å². The predicted octanol–water partition coefficient (Wildman–Crippen LogP) is 0.108. The lowest BCUT2D eigenvalue weighted by molar-refractivity contribution is -0.132. The summed E-state index contributed by atoms with van der Waals surface area (Å²) in [6.45, 7) is 5.03. The van der Waals surface area contributed by atoms with Gasteiger partial charge < -0.3 is 16.2 Å². The molecule has 0 aliphatic heterocycles. The molecule has 1 rings (SSSR count). The number of aliphatic hydroxyl groups excluding tert-OH is 1. The summed E-state index contributed by atoms with van der Waals surface area (Å²) < 4.78 is 0. The average Bonchev–Trinajstić information content (AvgIpc) is 2.58. The largest absolute Gasteiger partial charge is 0.381 e. The highest BCUT2D eigenvalue weighted by Gasteiger charge is 2.37. The zero-order valence-corrected chi connectivity index (χ0v) is 15.2. The molecule has 26 heavy (non-hydrogen) atoms. The van der Waals surface area contributed by atoms with Gasteiger partial charge in [0.2, 0.25) is 5.91 Å². The van der Waals surface area contributed by atoms with Gasteiger partial charge in [0.25, 0.3) is 5.91 Å². The molecule has 0 saturated heterocycles. The van der Waals surface area contributed by atoms with Crippen molar-refractivity contribution in [1.29, 1.82) is 0 Å².